The van der Waals surface area contributed by atoms with Gasteiger partial charge in [-0.2, -0.15) is 16.2 Å². The smallest absolute Gasteiger partial charge is 0.214 e. The van der Waals surface area contributed by atoms with Gasteiger partial charge in [-0.05, 0) is 30.6 Å². The van der Waals surface area contributed by atoms with Gasteiger partial charge < -0.3 is 5.32 Å². The van der Waals surface area contributed by atoms with Gasteiger partial charge in [0.05, 0.1) is 0 Å². The molecule has 0 aliphatic rings. The Balaban J connectivity index is 2.28. The van der Waals surface area contributed by atoms with Crippen molar-refractivity contribution in [2.45, 2.75) is 6.42 Å². The number of nitrogens with zero attached hydrogens (tertiary/aromatic N) is 1. The Morgan fingerprint density at radius 1 is 1.54 bits per heavy atom. The third kappa shape index (κ3) is 4.12. The lowest BCUT2D eigenvalue weighted by Gasteiger charge is -2.03. The Morgan fingerprint density at radius 3 is 3.08 bits per heavy atom. The predicted octanol–water partition coefficient (Wildman–Crippen LogP) is 2.39. The number of anilines is 1. The highest BCUT2D eigenvalue weighted by molar-refractivity contribution is 7.98. The molecule has 1 rings (SSSR count). The van der Waals surface area contributed by atoms with Gasteiger partial charge in [0.1, 0.15) is 5.82 Å². The minimum absolute atomic E-state index is 0.435. The lowest BCUT2D eigenvalue weighted by molar-refractivity contribution is 0.585. The highest BCUT2D eigenvalue weighted by Gasteiger charge is 1.94. The molecule has 1 N–H and O–H groups in total. The maximum Gasteiger partial charge on any atom is 0.214 e. The molecule has 13 heavy (non-hydrogen) atoms. The van der Waals surface area contributed by atoms with E-state index in [4.69, 9.17) is 0 Å². The zero-order valence-corrected chi connectivity index (χ0v) is 8.40. The monoisotopic (exact) mass is 200 g/mol. The van der Waals surface area contributed by atoms with Gasteiger partial charge in [0, 0.05) is 6.54 Å². The summed E-state index contributed by atoms with van der Waals surface area (Å²) in [7, 11) is 0. The van der Waals surface area contributed by atoms with Crippen LogP contribution in [0.2, 0.25) is 0 Å². The SMILES string of the molecule is CSCCCNc1cccc(F)n1. The predicted molar refractivity (Wildman–Crippen MR) is 55.7 cm³/mol. The Hall–Kier alpha value is -0.770. The quantitative estimate of drug-likeness (QED) is 0.583. The van der Waals surface area contributed by atoms with Gasteiger partial charge in [-0.1, -0.05) is 6.07 Å². The normalized spacial score (nSPS) is 10.0. The van der Waals surface area contributed by atoms with Crippen LogP contribution in [0.15, 0.2) is 18.2 Å². The average Bonchev–Trinajstić information content (AvgIpc) is 2.13. The molecule has 1 aromatic heterocycles. The van der Waals surface area contributed by atoms with E-state index in [1.54, 1.807) is 23.9 Å². The number of aromatic nitrogens is 1. The van der Waals surface area contributed by atoms with Crippen molar-refractivity contribution >= 4 is 17.6 Å². The molecule has 0 fully saturated rings. The van der Waals surface area contributed by atoms with Crippen LogP contribution in [0, 0.1) is 5.95 Å². The van der Waals surface area contributed by atoms with Crippen LogP contribution < -0.4 is 5.32 Å². The summed E-state index contributed by atoms with van der Waals surface area (Å²) in [6, 6.07) is 4.76. The molecule has 1 heterocycles. The van der Waals surface area contributed by atoms with Crippen molar-refractivity contribution in [1.82, 2.24) is 4.98 Å². The second-order valence-electron chi connectivity index (χ2n) is 2.62. The number of rotatable bonds is 5. The summed E-state index contributed by atoms with van der Waals surface area (Å²) in [5.74, 6) is 1.29. The van der Waals surface area contributed by atoms with E-state index in [2.05, 4.69) is 16.6 Å². The summed E-state index contributed by atoms with van der Waals surface area (Å²) in [5.41, 5.74) is 0. The molecule has 0 radical (unpaired) electrons. The molecule has 0 aliphatic heterocycles. The van der Waals surface area contributed by atoms with E-state index in [1.807, 2.05) is 0 Å². The molecular formula is C9H13FN2S. The van der Waals surface area contributed by atoms with E-state index < -0.39 is 5.95 Å². The van der Waals surface area contributed by atoms with Crippen molar-refractivity contribution < 1.29 is 4.39 Å². The first-order valence-corrected chi connectivity index (χ1v) is 5.57. The maximum atomic E-state index is 12.6. The number of nitrogens with one attached hydrogen (secondary N) is 1. The number of hydrogen-bond acceptors (Lipinski definition) is 3. The first-order chi connectivity index (χ1) is 6.33. The second-order valence-corrected chi connectivity index (χ2v) is 3.60. The van der Waals surface area contributed by atoms with Crippen LogP contribution in [0.5, 0.6) is 0 Å². The van der Waals surface area contributed by atoms with Crippen LogP contribution in [0.3, 0.4) is 0 Å². The number of thioether (sulfide) groups is 1. The number of hydrogen-bond donors (Lipinski definition) is 1. The Labute approximate surface area is 81.9 Å². The summed E-state index contributed by atoms with van der Waals surface area (Å²) in [6.07, 6.45) is 3.14. The standard InChI is InChI=1S/C9H13FN2S/c1-13-7-3-6-11-9-5-2-4-8(10)12-9/h2,4-5H,3,6-7H2,1H3,(H,11,12). The summed E-state index contributed by atoms with van der Waals surface area (Å²) in [6.45, 7) is 0.845. The molecular weight excluding hydrogens is 187 g/mol. The molecule has 4 heteroatoms. The third-order valence-corrected chi connectivity index (χ3v) is 2.24. The largest absolute Gasteiger partial charge is 0.370 e. The van der Waals surface area contributed by atoms with Gasteiger partial charge in [0.25, 0.3) is 0 Å². The van der Waals surface area contributed by atoms with Crippen LogP contribution in [0.4, 0.5) is 10.2 Å². The van der Waals surface area contributed by atoms with E-state index >= 15 is 0 Å². The molecule has 0 saturated heterocycles. The highest BCUT2D eigenvalue weighted by Crippen LogP contribution is 2.03. The van der Waals surface area contributed by atoms with E-state index in [9.17, 15) is 4.39 Å². The van der Waals surface area contributed by atoms with Gasteiger partial charge in [-0.15, -0.1) is 0 Å². The zero-order valence-electron chi connectivity index (χ0n) is 7.59. The highest BCUT2D eigenvalue weighted by atomic mass is 32.2. The van der Waals surface area contributed by atoms with Crippen LogP contribution >= 0.6 is 11.8 Å². The summed E-state index contributed by atoms with van der Waals surface area (Å²) in [5, 5.41) is 3.06. The molecule has 0 aliphatic carbocycles. The topological polar surface area (TPSA) is 24.9 Å². The van der Waals surface area contributed by atoms with Crippen molar-refractivity contribution in [1.29, 1.82) is 0 Å². The number of pyridine rings is 1. The Kier molecular flexibility index (Phi) is 4.60. The zero-order chi connectivity index (χ0) is 9.52. The number of halogens is 1. The van der Waals surface area contributed by atoms with Gasteiger partial charge in [0.15, 0.2) is 0 Å². The summed E-state index contributed by atoms with van der Waals surface area (Å²) < 4.78 is 12.6. The molecule has 0 bridgehead atoms. The van der Waals surface area contributed by atoms with Crippen molar-refractivity contribution in [2.75, 3.05) is 23.9 Å². The molecule has 0 unspecified atom stereocenters. The summed E-state index contributed by atoms with van der Waals surface area (Å²) in [4.78, 5) is 3.69. The first-order valence-electron chi connectivity index (χ1n) is 4.18. The van der Waals surface area contributed by atoms with Gasteiger partial charge in [-0.25, -0.2) is 4.98 Å². The van der Waals surface area contributed by atoms with Crippen molar-refractivity contribution in [3.63, 3.8) is 0 Å². The fraction of sp³-hybridized carbons (Fsp3) is 0.444. The molecule has 0 atom stereocenters. The Morgan fingerprint density at radius 2 is 2.38 bits per heavy atom. The Bertz CT molecular complexity index is 255. The second kappa shape index (κ2) is 5.80. The summed E-state index contributed by atoms with van der Waals surface area (Å²) >= 11 is 1.81. The first kappa shape index (κ1) is 10.3. The van der Waals surface area contributed by atoms with E-state index in [0.29, 0.717) is 5.82 Å². The van der Waals surface area contributed by atoms with Crippen molar-refractivity contribution in [3.8, 4) is 0 Å². The molecule has 2 nitrogen and oxygen atoms in total. The van der Waals surface area contributed by atoms with Crippen LogP contribution in [0.25, 0.3) is 0 Å². The molecule has 72 valence electrons. The third-order valence-electron chi connectivity index (χ3n) is 1.55. The van der Waals surface area contributed by atoms with Crippen LogP contribution in [0.1, 0.15) is 6.42 Å². The minimum atomic E-state index is -0.435. The van der Waals surface area contributed by atoms with Gasteiger partial charge >= 0.3 is 0 Å². The molecule has 0 aromatic carbocycles. The van der Waals surface area contributed by atoms with Gasteiger partial charge in [0.2, 0.25) is 5.95 Å². The molecule has 0 spiro atoms. The maximum absolute atomic E-state index is 12.6. The van der Waals surface area contributed by atoms with E-state index in [-0.39, 0.29) is 0 Å². The fourth-order valence-electron chi connectivity index (χ4n) is 0.940. The molecule has 0 saturated carbocycles. The lowest BCUT2D eigenvalue weighted by atomic mass is 10.4. The molecule has 1 aromatic rings. The van der Waals surface area contributed by atoms with Crippen LogP contribution in [-0.2, 0) is 0 Å². The average molecular weight is 200 g/mol. The van der Waals surface area contributed by atoms with E-state index in [1.165, 1.54) is 6.07 Å². The van der Waals surface area contributed by atoms with Crippen molar-refractivity contribution in [3.05, 3.63) is 24.1 Å². The van der Waals surface area contributed by atoms with E-state index in [0.717, 1.165) is 18.7 Å². The molecule has 0 amide bonds. The fourth-order valence-corrected chi connectivity index (χ4v) is 1.37. The van der Waals surface area contributed by atoms with Crippen molar-refractivity contribution in [2.24, 2.45) is 0 Å². The van der Waals surface area contributed by atoms with Gasteiger partial charge in [-0.3, -0.25) is 0 Å². The van der Waals surface area contributed by atoms with Crippen LogP contribution in [-0.4, -0.2) is 23.5 Å². The lowest BCUT2D eigenvalue weighted by Crippen LogP contribution is -2.04. The minimum Gasteiger partial charge on any atom is -0.370 e.